The van der Waals surface area contributed by atoms with E-state index in [2.05, 4.69) is 0 Å². The largest absolute Gasteiger partial charge is 0.492 e. The zero-order chi connectivity index (χ0) is 15.9. The minimum absolute atomic E-state index is 0.197. The van der Waals surface area contributed by atoms with Crippen LogP contribution in [-0.2, 0) is 10.0 Å². The van der Waals surface area contributed by atoms with Gasteiger partial charge >= 0.3 is 0 Å². The molecule has 1 rings (SSSR count). The second-order valence-corrected chi connectivity index (χ2v) is 6.30. The van der Waals surface area contributed by atoms with Crippen molar-refractivity contribution in [3.05, 3.63) is 24.3 Å². The first-order chi connectivity index (χ1) is 9.85. The summed E-state index contributed by atoms with van der Waals surface area (Å²) >= 11 is 0. The van der Waals surface area contributed by atoms with Gasteiger partial charge < -0.3 is 15.6 Å². The van der Waals surface area contributed by atoms with Crippen LogP contribution in [0.15, 0.2) is 24.3 Å². The lowest BCUT2D eigenvalue weighted by Gasteiger charge is -2.20. The molecule has 0 saturated carbocycles. The highest BCUT2D eigenvalue weighted by Gasteiger charge is 2.24. The molecule has 0 fully saturated rings. The Morgan fingerprint density at radius 3 is 2.67 bits per heavy atom. The lowest BCUT2D eigenvalue weighted by atomic mass is 10.3. The van der Waals surface area contributed by atoms with Crippen molar-refractivity contribution < 1.29 is 27.0 Å². The highest BCUT2D eigenvalue weighted by atomic mass is 32.2. The van der Waals surface area contributed by atoms with E-state index >= 15 is 0 Å². The number of sulfonamides is 1. The molecular formula is C12H18F2N2O4S. The van der Waals surface area contributed by atoms with E-state index in [9.17, 15) is 17.2 Å². The fourth-order valence-corrected chi connectivity index (χ4v) is 2.86. The zero-order valence-corrected chi connectivity index (χ0v) is 12.1. The Balaban J connectivity index is 2.58. The molecule has 21 heavy (non-hydrogen) atoms. The molecule has 6 nitrogen and oxygen atoms in total. The summed E-state index contributed by atoms with van der Waals surface area (Å²) in [6.45, 7) is -2.04. The molecule has 9 heteroatoms. The molecular weight excluding hydrogens is 306 g/mol. The van der Waals surface area contributed by atoms with Crippen LogP contribution in [-0.4, -0.2) is 56.3 Å². The van der Waals surface area contributed by atoms with E-state index in [0.29, 0.717) is 15.7 Å². The summed E-state index contributed by atoms with van der Waals surface area (Å²) in [7, 11) is -3.92. The second kappa shape index (κ2) is 8.11. The summed E-state index contributed by atoms with van der Waals surface area (Å²) in [5.74, 6) is -0.0677. The molecule has 0 unspecified atom stereocenters. The number of anilines is 1. The summed E-state index contributed by atoms with van der Waals surface area (Å²) in [5.41, 5.74) is 6.01. The summed E-state index contributed by atoms with van der Waals surface area (Å²) in [6.07, 6.45) is -2.80. The number of nitrogens with zero attached hydrogens (tertiary/aromatic N) is 1. The SMILES string of the molecule is Nc1cccc(OCCS(=O)(=O)N(CCO)CC(F)F)c1. The van der Waals surface area contributed by atoms with Crippen LogP contribution >= 0.6 is 0 Å². The van der Waals surface area contributed by atoms with Crippen molar-refractivity contribution in [3.8, 4) is 5.75 Å². The summed E-state index contributed by atoms with van der Waals surface area (Å²) in [5, 5.41) is 8.75. The number of aliphatic hydroxyl groups excluding tert-OH is 1. The first kappa shape index (κ1) is 17.6. The smallest absolute Gasteiger partial charge is 0.252 e. The maximum Gasteiger partial charge on any atom is 0.252 e. The minimum Gasteiger partial charge on any atom is -0.492 e. The average molecular weight is 324 g/mol. The number of rotatable bonds is 9. The molecule has 0 aliphatic rings. The number of ether oxygens (including phenoxy) is 1. The summed E-state index contributed by atoms with van der Waals surface area (Å²) < 4.78 is 54.2. The van der Waals surface area contributed by atoms with Gasteiger partial charge in [0.25, 0.3) is 6.43 Å². The predicted octanol–water partition coefficient (Wildman–Crippen LogP) is 0.537. The van der Waals surface area contributed by atoms with Gasteiger partial charge in [-0.2, -0.15) is 4.31 Å². The topological polar surface area (TPSA) is 92.9 Å². The molecule has 0 saturated heterocycles. The van der Waals surface area contributed by atoms with Crippen molar-refractivity contribution in [2.24, 2.45) is 0 Å². The van der Waals surface area contributed by atoms with Gasteiger partial charge in [0.2, 0.25) is 10.0 Å². The lowest BCUT2D eigenvalue weighted by molar-refractivity contribution is 0.113. The third-order valence-electron chi connectivity index (χ3n) is 2.55. The Bertz CT molecular complexity index is 540. The molecule has 0 atom stereocenters. The molecule has 0 aliphatic carbocycles. The van der Waals surface area contributed by atoms with Crippen molar-refractivity contribution >= 4 is 15.7 Å². The van der Waals surface area contributed by atoms with Crippen LogP contribution in [0.5, 0.6) is 5.75 Å². The van der Waals surface area contributed by atoms with Crippen LogP contribution in [0.3, 0.4) is 0 Å². The molecule has 0 heterocycles. The number of benzene rings is 1. The Hall–Kier alpha value is -1.45. The molecule has 0 aliphatic heterocycles. The molecule has 0 amide bonds. The molecule has 0 aromatic heterocycles. The van der Waals surface area contributed by atoms with Crippen molar-refractivity contribution in [1.82, 2.24) is 4.31 Å². The Morgan fingerprint density at radius 2 is 2.10 bits per heavy atom. The normalized spacial score (nSPS) is 12.0. The quantitative estimate of drug-likeness (QED) is 0.647. The van der Waals surface area contributed by atoms with Gasteiger partial charge in [0.15, 0.2) is 0 Å². The van der Waals surface area contributed by atoms with Gasteiger partial charge in [-0.25, -0.2) is 17.2 Å². The van der Waals surface area contributed by atoms with E-state index in [1.54, 1.807) is 18.2 Å². The third-order valence-corrected chi connectivity index (χ3v) is 4.35. The van der Waals surface area contributed by atoms with Crippen LogP contribution in [0, 0.1) is 0 Å². The molecule has 0 spiro atoms. The van der Waals surface area contributed by atoms with Gasteiger partial charge in [-0.1, -0.05) is 6.07 Å². The number of hydrogen-bond donors (Lipinski definition) is 2. The van der Waals surface area contributed by atoms with Crippen molar-refractivity contribution in [1.29, 1.82) is 0 Å². The predicted molar refractivity (Wildman–Crippen MR) is 74.8 cm³/mol. The molecule has 120 valence electrons. The number of aliphatic hydroxyl groups is 1. The molecule has 3 N–H and O–H groups in total. The minimum atomic E-state index is -3.92. The lowest BCUT2D eigenvalue weighted by Crippen LogP contribution is -2.39. The second-order valence-electron chi connectivity index (χ2n) is 4.21. The molecule has 1 aromatic rings. The van der Waals surface area contributed by atoms with Gasteiger partial charge in [-0.15, -0.1) is 0 Å². The Kier molecular flexibility index (Phi) is 6.79. The molecule has 0 radical (unpaired) electrons. The number of alkyl halides is 2. The van der Waals surface area contributed by atoms with Gasteiger partial charge in [0.05, 0.1) is 18.9 Å². The van der Waals surface area contributed by atoms with E-state index in [1.807, 2.05) is 0 Å². The third kappa shape index (κ3) is 6.23. The molecule has 0 bridgehead atoms. The van der Waals surface area contributed by atoms with Crippen LogP contribution in [0.2, 0.25) is 0 Å². The first-order valence-electron chi connectivity index (χ1n) is 6.20. The van der Waals surface area contributed by atoms with Crippen LogP contribution in [0.4, 0.5) is 14.5 Å². The maximum atomic E-state index is 12.3. The van der Waals surface area contributed by atoms with Gasteiger partial charge in [0.1, 0.15) is 12.4 Å². The van der Waals surface area contributed by atoms with Gasteiger partial charge in [0, 0.05) is 18.3 Å². The zero-order valence-electron chi connectivity index (χ0n) is 11.3. The number of hydrogen-bond acceptors (Lipinski definition) is 5. The van der Waals surface area contributed by atoms with E-state index in [1.165, 1.54) is 6.07 Å². The van der Waals surface area contributed by atoms with Gasteiger partial charge in [-0.3, -0.25) is 0 Å². The van der Waals surface area contributed by atoms with E-state index < -0.39 is 35.4 Å². The fourth-order valence-electron chi connectivity index (χ4n) is 1.61. The van der Waals surface area contributed by atoms with E-state index in [-0.39, 0.29) is 13.2 Å². The van der Waals surface area contributed by atoms with E-state index in [4.69, 9.17) is 15.6 Å². The van der Waals surface area contributed by atoms with Crippen molar-refractivity contribution in [2.45, 2.75) is 6.43 Å². The maximum absolute atomic E-state index is 12.3. The van der Waals surface area contributed by atoms with Crippen LogP contribution < -0.4 is 10.5 Å². The average Bonchev–Trinajstić information content (AvgIpc) is 2.37. The standard InChI is InChI=1S/C12H18F2N2O4S/c13-12(14)9-16(4-5-17)21(18,19)7-6-20-11-3-1-2-10(15)8-11/h1-3,8,12,17H,4-7,9,15H2. The number of nitrogen functional groups attached to an aromatic ring is 1. The first-order valence-corrected chi connectivity index (χ1v) is 7.81. The fraction of sp³-hybridized carbons (Fsp3) is 0.500. The van der Waals surface area contributed by atoms with Crippen molar-refractivity contribution in [2.75, 3.05) is 37.8 Å². The van der Waals surface area contributed by atoms with Crippen LogP contribution in [0.25, 0.3) is 0 Å². The Labute approximate surface area is 122 Å². The van der Waals surface area contributed by atoms with Crippen molar-refractivity contribution in [3.63, 3.8) is 0 Å². The summed E-state index contributed by atoms with van der Waals surface area (Å²) in [4.78, 5) is 0. The highest BCUT2D eigenvalue weighted by Crippen LogP contribution is 2.14. The van der Waals surface area contributed by atoms with Crippen LogP contribution in [0.1, 0.15) is 0 Å². The monoisotopic (exact) mass is 324 g/mol. The summed E-state index contributed by atoms with van der Waals surface area (Å²) in [6, 6.07) is 6.42. The number of halogens is 2. The van der Waals surface area contributed by atoms with E-state index in [0.717, 1.165) is 0 Å². The number of nitrogens with two attached hydrogens (primary N) is 1. The Morgan fingerprint density at radius 1 is 1.38 bits per heavy atom. The van der Waals surface area contributed by atoms with Gasteiger partial charge in [-0.05, 0) is 12.1 Å². The highest BCUT2D eigenvalue weighted by molar-refractivity contribution is 7.89. The molecule has 1 aromatic carbocycles.